The Labute approximate surface area is 149 Å². The Morgan fingerprint density at radius 3 is 2.75 bits per heavy atom. The summed E-state index contributed by atoms with van der Waals surface area (Å²) in [5, 5.41) is 0.505. The second kappa shape index (κ2) is 8.54. The van der Waals surface area contributed by atoms with Gasteiger partial charge in [0.15, 0.2) is 17.3 Å². The molecule has 1 aliphatic heterocycles. The molecule has 1 aromatic rings. The van der Waals surface area contributed by atoms with Gasteiger partial charge in [0.1, 0.15) is 0 Å². The van der Waals surface area contributed by atoms with Crippen LogP contribution in [0.25, 0.3) is 6.08 Å². The molecule has 0 amide bonds. The van der Waals surface area contributed by atoms with Crippen molar-refractivity contribution in [3.63, 3.8) is 0 Å². The number of piperidine rings is 1. The van der Waals surface area contributed by atoms with Crippen LogP contribution in [0.4, 0.5) is 0 Å². The normalized spacial score (nSPS) is 17.6. The molecule has 0 aromatic heterocycles. The maximum absolute atomic E-state index is 12.1. The van der Waals surface area contributed by atoms with Crippen LogP contribution in [0.15, 0.2) is 17.7 Å². The van der Waals surface area contributed by atoms with Gasteiger partial charge in [0, 0.05) is 25.1 Å². The van der Waals surface area contributed by atoms with E-state index in [2.05, 4.69) is 18.7 Å². The summed E-state index contributed by atoms with van der Waals surface area (Å²) in [6, 6.07) is 3.72. The third-order valence-corrected chi connectivity index (χ3v) is 4.03. The fourth-order valence-electron chi connectivity index (χ4n) is 2.56. The van der Waals surface area contributed by atoms with Crippen molar-refractivity contribution in [1.82, 2.24) is 4.90 Å². The van der Waals surface area contributed by atoms with Crippen LogP contribution in [-0.2, 0) is 4.79 Å². The molecule has 0 radical (unpaired) electrons. The van der Waals surface area contributed by atoms with Gasteiger partial charge in [-0.1, -0.05) is 25.4 Å². The molecule has 24 heavy (non-hydrogen) atoms. The lowest BCUT2D eigenvalue weighted by atomic mass is 10.0. The summed E-state index contributed by atoms with van der Waals surface area (Å²) in [7, 11) is 2.02. The molecule has 0 aliphatic carbocycles. The van der Waals surface area contributed by atoms with Crippen LogP contribution in [0.5, 0.6) is 11.5 Å². The van der Waals surface area contributed by atoms with Crippen molar-refractivity contribution in [3.8, 4) is 11.5 Å². The van der Waals surface area contributed by atoms with Crippen molar-refractivity contribution in [1.29, 1.82) is 0 Å². The number of ether oxygens (including phenoxy) is 2. The molecule has 4 nitrogen and oxygen atoms in total. The van der Waals surface area contributed by atoms with Gasteiger partial charge in [0.25, 0.3) is 0 Å². The van der Waals surface area contributed by atoms with E-state index in [-0.39, 0.29) is 5.78 Å². The number of hydrogen-bond acceptors (Lipinski definition) is 4. The predicted molar refractivity (Wildman–Crippen MR) is 98.1 cm³/mol. The van der Waals surface area contributed by atoms with Crippen LogP contribution in [0, 0.1) is 5.92 Å². The molecule has 1 heterocycles. The summed E-state index contributed by atoms with van der Waals surface area (Å²) in [5.41, 5.74) is 1.66. The first kappa shape index (κ1) is 18.8. The number of hydrogen-bond donors (Lipinski definition) is 0. The maximum atomic E-state index is 12.1. The molecule has 0 saturated carbocycles. The summed E-state index contributed by atoms with van der Waals surface area (Å²) in [6.07, 6.45) is 2.46. The zero-order valence-electron chi connectivity index (χ0n) is 14.9. The van der Waals surface area contributed by atoms with Crippen LogP contribution >= 0.6 is 11.6 Å². The highest BCUT2D eigenvalue weighted by Crippen LogP contribution is 2.37. The van der Waals surface area contributed by atoms with Gasteiger partial charge in [-0.3, -0.25) is 4.79 Å². The Morgan fingerprint density at radius 1 is 1.33 bits per heavy atom. The smallest absolute Gasteiger partial charge is 0.179 e. The van der Waals surface area contributed by atoms with Gasteiger partial charge in [0.05, 0.1) is 18.2 Å². The number of Topliss-reactive ketones (excluding diaryl/α,β-unsaturated/α-hetero) is 1. The molecule has 2 rings (SSSR count). The van der Waals surface area contributed by atoms with Crippen molar-refractivity contribution < 1.29 is 14.3 Å². The third-order valence-electron chi connectivity index (χ3n) is 3.75. The molecule has 5 heteroatoms. The lowest BCUT2D eigenvalue weighted by Gasteiger charge is -2.23. The highest BCUT2D eigenvalue weighted by Gasteiger charge is 2.19. The van der Waals surface area contributed by atoms with E-state index in [0.717, 1.165) is 17.7 Å². The van der Waals surface area contributed by atoms with Crippen molar-refractivity contribution in [3.05, 3.63) is 28.3 Å². The first-order valence-corrected chi connectivity index (χ1v) is 8.80. The molecule has 1 aliphatic rings. The number of halogens is 1. The van der Waals surface area contributed by atoms with Crippen molar-refractivity contribution in [2.45, 2.75) is 27.2 Å². The molecular formula is C19H26ClNO3. The molecule has 1 fully saturated rings. The van der Waals surface area contributed by atoms with Gasteiger partial charge in [-0.25, -0.2) is 0 Å². The van der Waals surface area contributed by atoms with E-state index in [4.69, 9.17) is 21.1 Å². The summed E-state index contributed by atoms with van der Waals surface area (Å²) < 4.78 is 11.5. The molecule has 0 unspecified atom stereocenters. The van der Waals surface area contributed by atoms with Gasteiger partial charge in [-0.2, -0.15) is 0 Å². The van der Waals surface area contributed by atoms with E-state index in [1.807, 2.05) is 32.2 Å². The van der Waals surface area contributed by atoms with E-state index in [1.165, 1.54) is 0 Å². The largest absolute Gasteiger partial charge is 0.490 e. The molecular weight excluding hydrogens is 326 g/mol. The van der Waals surface area contributed by atoms with Gasteiger partial charge in [-0.15, -0.1) is 0 Å². The van der Waals surface area contributed by atoms with Crippen LogP contribution in [0.2, 0.25) is 5.02 Å². The van der Waals surface area contributed by atoms with Gasteiger partial charge in [-0.05, 0) is 43.7 Å². The Bertz CT molecular complexity index is 625. The molecule has 132 valence electrons. The molecule has 0 N–H and O–H groups in total. The second-order valence-corrected chi connectivity index (χ2v) is 6.96. The van der Waals surface area contributed by atoms with Crippen molar-refractivity contribution in [2.75, 3.05) is 33.4 Å². The Morgan fingerprint density at radius 2 is 2.08 bits per heavy atom. The second-order valence-electron chi connectivity index (χ2n) is 6.55. The third kappa shape index (κ3) is 4.99. The van der Waals surface area contributed by atoms with E-state index >= 15 is 0 Å². The quantitative estimate of drug-likeness (QED) is 0.724. The number of ketones is 1. The van der Waals surface area contributed by atoms with E-state index in [0.29, 0.717) is 48.6 Å². The number of likely N-dealkylation sites (tertiary alicyclic amines) is 1. The average Bonchev–Trinajstić information content (AvgIpc) is 2.50. The van der Waals surface area contributed by atoms with Crippen LogP contribution in [0.3, 0.4) is 0 Å². The number of likely N-dealkylation sites (N-methyl/N-ethyl adjacent to an activating group) is 1. The minimum Gasteiger partial charge on any atom is -0.490 e. The first-order chi connectivity index (χ1) is 11.4. The SMILES string of the molecule is CCOc1cc(/C=C2\CN(C)CCC2=O)cc(Cl)c1OCC(C)C. The lowest BCUT2D eigenvalue weighted by molar-refractivity contribution is -0.117. The van der Waals surface area contributed by atoms with Crippen LogP contribution in [0.1, 0.15) is 32.8 Å². The summed E-state index contributed by atoms with van der Waals surface area (Å²) >= 11 is 6.41. The number of rotatable bonds is 6. The molecule has 1 aromatic carbocycles. The molecule has 0 atom stereocenters. The zero-order valence-corrected chi connectivity index (χ0v) is 15.7. The summed E-state index contributed by atoms with van der Waals surface area (Å²) in [6.45, 7) is 8.65. The molecule has 0 bridgehead atoms. The Hall–Kier alpha value is -1.52. The fraction of sp³-hybridized carbons (Fsp3) is 0.526. The van der Waals surface area contributed by atoms with Gasteiger partial charge >= 0.3 is 0 Å². The van der Waals surface area contributed by atoms with Gasteiger partial charge < -0.3 is 14.4 Å². The summed E-state index contributed by atoms with van der Waals surface area (Å²) in [5.74, 6) is 1.78. The van der Waals surface area contributed by atoms with Crippen molar-refractivity contribution >= 4 is 23.5 Å². The van der Waals surface area contributed by atoms with E-state index in [9.17, 15) is 4.79 Å². The monoisotopic (exact) mass is 351 g/mol. The highest BCUT2D eigenvalue weighted by atomic mass is 35.5. The van der Waals surface area contributed by atoms with Gasteiger partial charge in [0.2, 0.25) is 0 Å². The highest BCUT2D eigenvalue weighted by molar-refractivity contribution is 6.32. The number of carbonyl (C=O) groups is 1. The number of nitrogens with zero attached hydrogens (tertiary/aromatic N) is 1. The van der Waals surface area contributed by atoms with E-state index < -0.39 is 0 Å². The lowest BCUT2D eigenvalue weighted by Crippen LogP contribution is -2.32. The number of benzene rings is 1. The Kier molecular flexibility index (Phi) is 6.69. The topological polar surface area (TPSA) is 38.8 Å². The predicted octanol–water partition coefficient (Wildman–Crippen LogP) is 4.06. The fourth-order valence-corrected chi connectivity index (χ4v) is 2.84. The van der Waals surface area contributed by atoms with Crippen LogP contribution < -0.4 is 9.47 Å². The first-order valence-electron chi connectivity index (χ1n) is 8.42. The standard InChI is InChI=1S/C19H26ClNO3/c1-5-23-18-10-14(8-15-11-21(4)7-6-17(15)22)9-16(20)19(18)24-12-13(2)3/h8-10,13H,5-7,11-12H2,1-4H3/b15-8+. The maximum Gasteiger partial charge on any atom is 0.179 e. The van der Waals surface area contributed by atoms with E-state index in [1.54, 1.807) is 0 Å². The summed E-state index contributed by atoms with van der Waals surface area (Å²) in [4.78, 5) is 14.2. The Balaban J connectivity index is 2.32. The van der Waals surface area contributed by atoms with Crippen LogP contribution in [-0.4, -0.2) is 44.0 Å². The minimum atomic E-state index is 0.197. The minimum absolute atomic E-state index is 0.197. The molecule has 0 spiro atoms. The van der Waals surface area contributed by atoms with Crippen molar-refractivity contribution in [2.24, 2.45) is 5.92 Å². The zero-order chi connectivity index (χ0) is 17.7. The average molecular weight is 352 g/mol. The molecule has 1 saturated heterocycles. The number of carbonyl (C=O) groups excluding carboxylic acids is 1.